The third-order valence-corrected chi connectivity index (χ3v) is 3.42. The fourth-order valence-corrected chi connectivity index (χ4v) is 2.60. The first-order valence-electron chi connectivity index (χ1n) is 5.78. The smallest absolute Gasteiger partial charge is 0.372 e. The van der Waals surface area contributed by atoms with Crippen molar-refractivity contribution in [1.29, 1.82) is 0 Å². The first kappa shape index (κ1) is 12.9. The number of carbonyl (C=O) groups is 1. The Morgan fingerprint density at radius 3 is 2.55 bits per heavy atom. The molecule has 2 aromatic carbocycles. The Bertz CT molecular complexity index is 809. The van der Waals surface area contributed by atoms with Gasteiger partial charge >= 0.3 is 5.97 Å². The molecule has 0 bridgehead atoms. The number of furan rings is 1. The molecule has 3 rings (SSSR count). The van der Waals surface area contributed by atoms with Crippen molar-refractivity contribution in [3.63, 3.8) is 0 Å². The van der Waals surface area contributed by atoms with Crippen LogP contribution >= 0.6 is 15.9 Å². The van der Waals surface area contributed by atoms with E-state index in [1.807, 2.05) is 6.07 Å². The molecule has 1 aromatic heterocycles. The van der Waals surface area contributed by atoms with Gasteiger partial charge in [0.2, 0.25) is 5.76 Å². The fraction of sp³-hybridized carbons (Fsp3) is 0. The van der Waals surface area contributed by atoms with E-state index in [-0.39, 0.29) is 11.3 Å². The molecule has 0 spiro atoms. The second-order valence-corrected chi connectivity index (χ2v) is 5.16. The third-order valence-electron chi connectivity index (χ3n) is 2.97. The summed E-state index contributed by atoms with van der Waals surface area (Å²) in [5.74, 6) is -2.09. The molecule has 0 aliphatic carbocycles. The monoisotopic (exact) mass is 334 g/mol. The zero-order valence-corrected chi connectivity index (χ0v) is 11.6. The number of aromatic carboxylic acids is 1. The van der Waals surface area contributed by atoms with Crippen LogP contribution in [-0.2, 0) is 0 Å². The molecular formula is C15H8BrFO3. The lowest BCUT2D eigenvalue weighted by atomic mass is 10.0. The van der Waals surface area contributed by atoms with Gasteiger partial charge in [0.05, 0.1) is 0 Å². The maximum absolute atomic E-state index is 13.9. The van der Waals surface area contributed by atoms with E-state index in [0.717, 1.165) is 0 Å². The largest absolute Gasteiger partial charge is 0.475 e. The quantitative estimate of drug-likeness (QED) is 0.738. The van der Waals surface area contributed by atoms with Crippen LogP contribution in [0.2, 0.25) is 0 Å². The molecule has 3 nitrogen and oxygen atoms in total. The molecule has 0 amide bonds. The Balaban J connectivity index is 2.44. The normalized spacial score (nSPS) is 10.9. The van der Waals surface area contributed by atoms with Gasteiger partial charge in [0, 0.05) is 15.4 Å². The molecule has 0 atom stereocenters. The Labute approximate surface area is 121 Å². The van der Waals surface area contributed by atoms with E-state index in [4.69, 9.17) is 4.42 Å². The van der Waals surface area contributed by atoms with Crippen molar-refractivity contribution in [1.82, 2.24) is 0 Å². The highest BCUT2D eigenvalue weighted by molar-refractivity contribution is 9.10. The van der Waals surface area contributed by atoms with Crippen LogP contribution in [0, 0.1) is 5.82 Å². The summed E-state index contributed by atoms with van der Waals surface area (Å²) >= 11 is 3.21. The van der Waals surface area contributed by atoms with Crippen molar-refractivity contribution in [2.75, 3.05) is 0 Å². The zero-order valence-electron chi connectivity index (χ0n) is 10.1. The molecule has 0 saturated heterocycles. The second kappa shape index (κ2) is 4.76. The van der Waals surface area contributed by atoms with Gasteiger partial charge in [-0.25, -0.2) is 9.18 Å². The Kier molecular flexibility index (Phi) is 3.06. The van der Waals surface area contributed by atoms with Gasteiger partial charge in [0.15, 0.2) is 11.4 Å². The molecule has 1 heterocycles. The molecule has 0 radical (unpaired) electrons. The van der Waals surface area contributed by atoms with Crippen LogP contribution in [0.15, 0.2) is 51.4 Å². The molecule has 0 fully saturated rings. The SMILES string of the molecule is O=C(O)c1oc2c(F)cc(Br)cc2c1-c1ccccc1. The summed E-state index contributed by atoms with van der Waals surface area (Å²) in [4.78, 5) is 11.3. The minimum Gasteiger partial charge on any atom is -0.475 e. The summed E-state index contributed by atoms with van der Waals surface area (Å²) in [6.45, 7) is 0. The molecule has 100 valence electrons. The van der Waals surface area contributed by atoms with Crippen LogP contribution in [-0.4, -0.2) is 11.1 Å². The van der Waals surface area contributed by atoms with Gasteiger partial charge in [0.1, 0.15) is 0 Å². The number of hydrogen-bond donors (Lipinski definition) is 1. The Hall–Kier alpha value is -2.14. The Morgan fingerprint density at radius 2 is 1.90 bits per heavy atom. The van der Waals surface area contributed by atoms with Gasteiger partial charge < -0.3 is 9.52 Å². The van der Waals surface area contributed by atoms with Gasteiger partial charge in [-0.3, -0.25) is 0 Å². The van der Waals surface area contributed by atoms with Crippen molar-refractivity contribution in [2.45, 2.75) is 0 Å². The summed E-state index contributed by atoms with van der Waals surface area (Å²) in [6, 6.07) is 11.8. The van der Waals surface area contributed by atoms with Crippen molar-refractivity contribution in [3.8, 4) is 11.1 Å². The molecule has 1 N–H and O–H groups in total. The molecule has 0 unspecified atom stereocenters. The van der Waals surface area contributed by atoms with Crippen LogP contribution in [0.5, 0.6) is 0 Å². The van der Waals surface area contributed by atoms with Crippen LogP contribution in [0.4, 0.5) is 4.39 Å². The van der Waals surface area contributed by atoms with E-state index >= 15 is 0 Å². The highest BCUT2D eigenvalue weighted by atomic mass is 79.9. The number of carboxylic acids is 1. The number of fused-ring (bicyclic) bond motifs is 1. The molecule has 0 aliphatic heterocycles. The average molecular weight is 335 g/mol. The van der Waals surface area contributed by atoms with Gasteiger partial charge in [0.25, 0.3) is 0 Å². The van der Waals surface area contributed by atoms with E-state index in [9.17, 15) is 14.3 Å². The number of rotatable bonds is 2. The second-order valence-electron chi connectivity index (χ2n) is 4.24. The van der Waals surface area contributed by atoms with Gasteiger partial charge in [-0.05, 0) is 17.7 Å². The lowest BCUT2D eigenvalue weighted by Crippen LogP contribution is -1.95. The van der Waals surface area contributed by atoms with E-state index in [1.165, 1.54) is 6.07 Å². The van der Waals surface area contributed by atoms with Crippen LogP contribution in [0.3, 0.4) is 0 Å². The maximum atomic E-state index is 13.9. The standard InChI is InChI=1S/C15H8BrFO3/c16-9-6-10-12(8-4-2-1-3-5-8)14(15(18)19)20-13(10)11(17)7-9/h1-7H,(H,18,19). The van der Waals surface area contributed by atoms with E-state index in [1.54, 1.807) is 30.3 Å². The molecule has 0 saturated carbocycles. The number of halogens is 2. The average Bonchev–Trinajstić information content (AvgIpc) is 2.79. The van der Waals surface area contributed by atoms with Gasteiger partial charge in [-0.1, -0.05) is 46.3 Å². The lowest BCUT2D eigenvalue weighted by Gasteiger charge is -2.00. The van der Waals surface area contributed by atoms with Gasteiger partial charge in [-0.15, -0.1) is 0 Å². The summed E-state index contributed by atoms with van der Waals surface area (Å²) in [5.41, 5.74) is 0.999. The summed E-state index contributed by atoms with van der Waals surface area (Å²) in [7, 11) is 0. The molecule has 3 aromatic rings. The number of hydrogen-bond acceptors (Lipinski definition) is 2. The van der Waals surface area contributed by atoms with E-state index in [0.29, 0.717) is 21.0 Å². The third kappa shape index (κ3) is 2.00. The minimum absolute atomic E-state index is 0.0514. The summed E-state index contributed by atoms with van der Waals surface area (Å²) in [6.07, 6.45) is 0. The maximum Gasteiger partial charge on any atom is 0.372 e. The topological polar surface area (TPSA) is 50.4 Å². The molecule has 0 aliphatic rings. The van der Waals surface area contributed by atoms with Crippen LogP contribution < -0.4 is 0 Å². The number of carboxylic acid groups (broad SMARTS) is 1. The zero-order chi connectivity index (χ0) is 14.3. The highest BCUT2D eigenvalue weighted by Crippen LogP contribution is 2.37. The summed E-state index contributed by atoms with van der Waals surface area (Å²) < 4.78 is 19.6. The molecule has 20 heavy (non-hydrogen) atoms. The highest BCUT2D eigenvalue weighted by Gasteiger charge is 2.23. The van der Waals surface area contributed by atoms with Crippen LogP contribution in [0.25, 0.3) is 22.1 Å². The first-order valence-corrected chi connectivity index (χ1v) is 6.57. The van der Waals surface area contributed by atoms with E-state index < -0.39 is 11.8 Å². The van der Waals surface area contributed by atoms with Crippen molar-refractivity contribution in [3.05, 3.63) is 58.5 Å². The lowest BCUT2D eigenvalue weighted by molar-refractivity contribution is 0.0666. The molecule has 5 heteroatoms. The van der Waals surface area contributed by atoms with Crippen molar-refractivity contribution >= 4 is 32.9 Å². The summed E-state index contributed by atoms with van der Waals surface area (Å²) in [5, 5.41) is 9.69. The fourth-order valence-electron chi connectivity index (χ4n) is 2.17. The van der Waals surface area contributed by atoms with Gasteiger partial charge in [-0.2, -0.15) is 0 Å². The predicted octanol–water partition coefficient (Wildman–Crippen LogP) is 4.70. The van der Waals surface area contributed by atoms with Crippen molar-refractivity contribution in [2.24, 2.45) is 0 Å². The first-order chi connectivity index (χ1) is 9.58. The van der Waals surface area contributed by atoms with E-state index in [2.05, 4.69) is 15.9 Å². The minimum atomic E-state index is -1.23. The molecular weight excluding hydrogens is 327 g/mol. The Morgan fingerprint density at radius 1 is 1.20 bits per heavy atom. The van der Waals surface area contributed by atoms with Crippen LogP contribution in [0.1, 0.15) is 10.6 Å². The van der Waals surface area contributed by atoms with Crippen molar-refractivity contribution < 1.29 is 18.7 Å². The predicted molar refractivity (Wildman–Crippen MR) is 76.3 cm³/mol. The number of benzene rings is 2.